The molecule has 2 aromatic carbocycles. The van der Waals surface area contributed by atoms with Gasteiger partial charge < -0.3 is 24.8 Å². The summed E-state index contributed by atoms with van der Waals surface area (Å²) in [5.41, 5.74) is 3.36. The van der Waals surface area contributed by atoms with Crippen molar-refractivity contribution in [3.05, 3.63) is 47.5 Å². The molecule has 0 aromatic heterocycles. The molecule has 0 saturated heterocycles. The third-order valence-electron chi connectivity index (χ3n) is 9.45. The molecule has 2 amide bonds. The Morgan fingerprint density at radius 3 is 2.86 bits per heavy atom. The summed E-state index contributed by atoms with van der Waals surface area (Å²) in [5, 5.41) is 5.84. The first-order valence-corrected chi connectivity index (χ1v) is 13.6. The van der Waals surface area contributed by atoms with Gasteiger partial charge in [-0.3, -0.25) is 4.79 Å². The first-order valence-electron chi connectivity index (χ1n) is 13.6. The molecule has 3 aliphatic carbocycles. The summed E-state index contributed by atoms with van der Waals surface area (Å²) in [5.74, 6) is 4.62. The number of methoxy groups -OCH3 is 1. The second kappa shape index (κ2) is 9.58. The van der Waals surface area contributed by atoms with Crippen LogP contribution >= 0.6 is 0 Å². The average Bonchev–Trinajstić information content (AvgIpc) is 3.47. The number of rotatable bonds is 6. The molecule has 6 rings (SSSR count). The standard InChI is InChI=1S/C30H36N2O5/c1-30-12-11-23-22-9-7-21(35-2)14-18(22)5-8-24(23)28(30)19(15-27(30)33)4-3-13-31-29(34)32-20-6-10-25-26(16-20)37-17-36-25/h6-7,9-10,14,16,19,23-24,28H,3-5,8,11-13,15,17H2,1-2H3,(H2,31,32,34)/t19-,23-,24-,28+,30-/m1/s1. The Bertz CT molecular complexity index is 1210. The van der Waals surface area contributed by atoms with Crippen molar-refractivity contribution in [3.8, 4) is 17.2 Å². The van der Waals surface area contributed by atoms with Gasteiger partial charge in [-0.15, -0.1) is 0 Å². The van der Waals surface area contributed by atoms with E-state index in [4.69, 9.17) is 14.2 Å². The lowest BCUT2D eigenvalue weighted by Gasteiger charge is -2.50. The van der Waals surface area contributed by atoms with Crippen LogP contribution in [0.25, 0.3) is 0 Å². The summed E-state index contributed by atoms with van der Waals surface area (Å²) in [6.07, 6.45) is 6.79. The van der Waals surface area contributed by atoms with Crippen LogP contribution in [0.5, 0.6) is 17.2 Å². The maximum Gasteiger partial charge on any atom is 0.319 e. The summed E-state index contributed by atoms with van der Waals surface area (Å²) in [6, 6.07) is 11.7. The number of fused-ring (bicyclic) bond motifs is 6. The van der Waals surface area contributed by atoms with Crippen molar-refractivity contribution in [1.29, 1.82) is 0 Å². The minimum Gasteiger partial charge on any atom is -0.497 e. The third kappa shape index (κ3) is 4.32. The summed E-state index contributed by atoms with van der Waals surface area (Å²) in [6.45, 7) is 3.02. The van der Waals surface area contributed by atoms with Crippen molar-refractivity contribution >= 4 is 17.5 Å². The van der Waals surface area contributed by atoms with E-state index in [1.807, 2.05) is 0 Å². The Morgan fingerprint density at radius 1 is 1.14 bits per heavy atom. The van der Waals surface area contributed by atoms with Gasteiger partial charge in [-0.2, -0.15) is 0 Å². The van der Waals surface area contributed by atoms with Gasteiger partial charge in [-0.1, -0.05) is 13.0 Å². The SMILES string of the molecule is COc1ccc2c(c1)CC[C@H]1[C@@H]3[C@H](CCCNC(=O)Nc4ccc5c(c4)OCO5)CC(=O)[C@@]3(C)CC[C@H]21. The molecule has 2 aromatic rings. The highest BCUT2D eigenvalue weighted by Gasteiger charge is 2.58. The number of anilines is 1. The lowest BCUT2D eigenvalue weighted by atomic mass is 9.54. The van der Waals surface area contributed by atoms with Crippen LogP contribution in [-0.4, -0.2) is 32.3 Å². The molecule has 7 heteroatoms. The number of carbonyl (C=O) groups excluding carboxylic acids is 2. The Balaban J connectivity index is 1.07. The lowest BCUT2D eigenvalue weighted by Crippen LogP contribution is -2.44. The number of nitrogens with one attached hydrogen (secondary N) is 2. The van der Waals surface area contributed by atoms with E-state index in [1.54, 1.807) is 25.3 Å². The lowest BCUT2D eigenvalue weighted by molar-refractivity contribution is -0.129. The van der Waals surface area contributed by atoms with E-state index in [9.17, 15) is 9.59 Å². The van der Waals surface area contributed by atoms with Crippen LogP contribution in [0.15, 0.2) is 36.4 Å². The number of aryl methyl sites for hydroxylation is 1. The molecule has 7 nitrogen and oxygen atoms in total. The summed E-state index contributed by atoms with van der Waals surface area (Å²) in [7, 11) is 1.73. The Labute approximate surface area is 218 Å². The van der Waals surface area contributed by atoms with E-state index < -0.39 is 0 Å². The molecule has 2 saturated carbocycles. The first kappa shape index (κ1) is 24.1. The molecule has 0 unspecified atom stereocenters. The summed E-state index contributed by atoms with van der Waals surface area (Å²) >= 11 is 0. The fourth-order valence-electron chi connectivity index (χ4n) is 7.73. The molecule has 0 bridgehead atoms. The molecule has 2 N–H and O–H groups in total. The maximum atomic E-state index is 13.3. The third-order valence-corrected chi connectivity index (χ3v) is 9.45. The highest BCUT2D eigenvalue weighted by atomic mass is 16.7. The van der Waals surface area contributed by atoms with Crippen LogP contribution in [0, 0.1) is 23.2 Å². The molecule has 1 heterocycles. The number of carbonyl (C=O) groups is 2. The van der Waals surface area contributed by atoms with Gasteiger partial charge in [0, 0.05) is 30.1 Å². The monoisotopic (exact) mass is 504 g/mol. The Hall–Kier alpha value is -3.22. The van der Waals surface area contributed by atoms with Crippen molar-refractivity contribution in [1.82, 2.24) is 5.32 Å². The van der Waals surface area contributed by atoms with E-state index >= 15 is 0 Å². The van der Waals surface area contributed by atoms with Gasteiger partial charge in [0.1, 0.15) is 11.5 Å². The maximum absolute atomic E-state index is 13.3. The van der Waals surface area contributed by atoms with Crippen LogP contribution in [0.4, 0.5) is 10.5 Å². The van der Waals surface area contributed by atoms with E-state index in [0.29, 0.717) is 59.6 Å². The number of hydrogen-bond acceptors (Lipinski definition) is 5. The Morgan fingerprint density at radius 2 is 2.00 bits per heavy atom. The number of hydrogen-bond donors (Lipinski definition) is 2. The van der Waals surface area contributed by atoms with Crippen molar-refractivity contribution in [2.24, 2.45) is 23.2 Å². The molecule has 196 valence electrons. The molecular formula is C30H36N2O5. The summed E-state index contributed by atoms with van der Waals surface area (Å²) in [4.78, 5) is 25.7. The normalized spacial score (nSPS) is 29.2. The second-order valence-electron chi connectivity index (χ2n) is 11.3. The number of urea groups is 1. The van der Waals surface area contributed by atoms with Crippen molar-refractivity contribution in [2.45, 2.75) is 57.8 Å². The first-order chi connectivity index (χ1) is 18.0. The van der Waals surface area contributed by atoms with Gasteiger partial charge in [0.25, 0.3) is 0 Å². The molecule has 0 spiro atoms. The zero-order valence-electron chi connectivity index (χ0n) is 21.7. The van der Waals surface area contributed by atoms with Gasteiger partial charge in [-0.05, 0) is 97.6 Å². The predicted octanol–water partition coefficient (Wildman–Crippen LogP) is 5.68. The summed E-state index contributed by atoms with van der Waals surface area (Å²) < 4.78 is 16.2. The van der Waals surface area contributed by atoms with Gasteiger partial charge >= 0.3 is 6.03 Å². The van der Waals surface area contributed by atoms with Gasteiger partial charge in [0.2, 0.25) is 6.79 Å². The molecule has 37 heavy (non-hydrogen) atoms. The number of Topliss-reactive ketones (excluding diaryl/α,β-unsaturated/α-hetero) is 1. The minimum absolute atomic E-state index is 0.194. The fraction of sp³-hybridized carbons (Fsp3) is 0.533. The van der Waals surface area contributed by atoms with E-state index in [2.05, 4.69) is 35.8 Å². The fourth-order valence-corrected chi connectivity index (χ4v) is 7.73. The average molecular weight is 505 g/mol. The molecule has 1 aliphatic heterocycles. The molecule has 5 atom stereocenters. The van der Waals surface area contributed by atoms with Gasteiger partial charge in [0.15, 0.2) is 11.5 Å². The van der Waals surface area contributed by atoms with Crippen LogP contribution in [-0.2, 0) is 11.2 Å². The van der Waals surface area contributed by atoms with Crippen molar-refractivity contribution in [3.63, 3.8) is 0 Å². The quantitative estimate of drug-likeness (QED) is 0.495. The zero-order valence-corrected chi connectivity index (χ0v) is 21.7. The van der Waals surface area contributed by atoms with Crippen LogP contribution in [0.3, 0.4) is 0 Å². The van der Waals surface area contributed by atoms with Gasteiger partial charge in [0.05, 0.1) is 7.11 Å². The molecular weight excluding hydrogens is 468 g/mol. The largest absolute Gasteiger partial charge is 0.497 e. The topological polar surface area (TPSA) is 85.9 Å². The van der Waals surface area contributed by atoms with E-state index in [1.165, 1.54) is 11.1 Å². The van der Waals surface area contributed by atoms with Crippen molar-refractivity contribution < 1.29 is 23.8 Å². The minimum atomic E-state index is -0.233. The number of ether oxygens (including phenoxy) is 3. The van der Waals surface area contributed by atoms with Crippen LogP contribution < -0.4 is 24.8 Å². The Kier molecular flexibility index (Phi) is 6.25. The zero-order chi connectivity index (χ0) is 25.6. The van der Waals surface area contributed by atoms with Crippen LogP contribution in [0.1, 0.15) is 62.5 Å². The molecule has 2 fully saturated rings. The number of ketones is 1. The molecule has 4 aliphatic rings. The van der Waals surface area contributed by atoms with E-state index in [0.717, 1.165) is 44.3 Å². The van der Waals surface area contributed by atoms with Gasteiger partial charge in [-0.25, -0.2) is 4.79 Å². The van der Waals surface area contributed by atoms with E-state index in [-0.39, 0.29) is 18.2 Å². The predicted molar refractivity (Wildman–Crippen MR) is 140 cm³/mol. The second-order valence-corrected chi connectivity index (χ2v) is 11.3. The highest BCUT2D eigenvalue weighted by molar-refractivity contribution is 5.89. The number of benzene rings is 2. The van der Waals surface area contributed by atoms with Crippen LogP contribution in [0.2, 0.25) is 0 Å². The number of amides is 2. The highest BCUT2D eigenvalue weighted by Crippen LogP contribution is 2.62. The smallest absolute Gasteiger partial charge is 0.319 e. The van der Waals surface area contributed by atoms with Crippen molar-refractivity contribution in [2.75, 3.05) is 25.8 Å². The molecule has 0 radical (unpaired) electrons.